The largest absolute Gasteiger partial charge is 0.315 e. The first-order valence-corrected chi connectivity index (χ1v) is 8.28. The first kappa shape index (κ1) is 13.8. The average Bonchev–Trinajstić information content (AvgIpc) is 3.01. The molecule has 7 heteroatoms. The van der Waals surface area contributed by atoms with E-state index in [1.165, 1.54) is 22.5 Å². The Bertz CT molecular complexity index is 683. The molecule has 0 saturated carbocycles. The first-order valence-electron chi connectivity index (χ1n) is 6.46. The van der Waals surface area contributed by atoms with Gasteiger partial charge in [0.15, 0.2) is 0 Å². The Morgan fingerprint density at radius 2 is 2.20 bits per heavy atom. The predicted octanol–water partition coefficient (Wildman–Crippen LogP) is 1.19. The Balaban J connectivity index is 2.02. The Labute approximate surface area is 123 Å². The number of hydrogen-bond acceptors (Lipinski definition) is 4. The molecule has 1 aromatic carbocycles. The summed E-state index contributed by atoms with van der Waals surface area (Å²) in [6, 6.07) is 6.29. The van der Waals surface area contributed by atoms with E-state index in [4.69, 9.17) is 16.9 Å². The Morgan fingerprint density at radius 1 is 1.40 bits per heavy atom. The maximum atomic E-state index is 12.8. The summed E-state index contributed by atoms with van der Waals surface area (Å²) >= 11 is 6.03. The maximum Gasteiger partial charge on any atom is 0.244 e. The van der Waals surface area contributed by atoms with Crippen molar-refractivity contribution in [3.05, 3.63) is 28.8 Å². The highest BCUT2D eigenvalue weighted by Gasteiger charge is 2.44. The number of sulfonamides is 1. The standard InChI is InChI=1S/C13H14ClN3O2S/c14-11-2-1-9(6-15)5-13(11)20(18,19)17-4-3-10-7-16-8-12(10)17/h1-2,5,10,12,16H,3-4,7-8H2/t10-,12+/m0/s1. The third-order valence-electron chi connectivity index (χ3n) is 4.04. The lowest BCUT2D eigenvalue weighted by atomic mass is 10.1. The van der Waals surface area contributed by atoms with Crippen LogP contribution in [-0.2, 0) is 10.0 Å². The summed E-state index contributed by atoms with van der Waals surface area (Å²) in [6.07, 6.45) is 0.868. The molecule has 2 fully saturated rings. The molecule has 0 radical (unpaired) electrons. The average molecular weight is 312 g/mol. The van der Waals surface area contributed by atoms with Gasteiger partial charge in [-0.2, -0.15) is 9.57 Å². The molecule has 0 bridgehead atoms. The van der Waals surface area contributed by atoms with E-state index in [0.29, 0.717) is 24.6 Å². The molecule has 2 heterocycles. The van der Waals surface area contributed by atoms with E-state index in [9.17, 15) is 8.42 Å². The highest BCUT2D eigenvalue weighted by atomic mass is 35.5. The molecule has 0 unspecified atom stereocenters. The van der Waals surface area contributed by atoms with Crippen LogP contribution in [0.5, 0.6) is 0 Å². The van der Waals surface area contributed by atoms with Gasteiger partial charge in [-0.05, 0) is 37.1 Å². The van der Waals surface area contributed by atoms with Gasteiger partial charge in [-0.15, -0.1) is 0 Å². The van der Waals surface area contributed by atoms with E-state index in [-0.39, 0.29) is 16.0 Å². The van der Waals surface area contributed by atoms with Crippen LogP contribution in [0.15, 0.2) is 23.1 Å². The molecule has 0 spiro atoms. The molecule has 2 atom stereocenters. The molecule has 1 aromatic rings. The van der Waals surface area contributed by atoms with E-state index < -0.39 is 10.0 Å². The SMILES string of the molecule is N#Cc1ccc(Cl)c(S(=O)(=O)N2CC[C@H]3CNC[C@H]32)c1. The third-order valence-corrected chi connectivity index (χ3v) is 6.45. The first-order chi connectivity index (χ1) is 9.54. The highest BCUT2D eigenvalue weighted by molar-refractivity contribution is 7.89. The zero-order valence-corrected chi connectivity index (χ0v) is 12.3. The van der Waals surface area contributed by atoms with Crippen LogP contribution in [-0.4, -0.2) is 38.4 Å². The number of fused-ring (bicyclic) bond motifs is 1. The zero-order valence-electron chi connectivity index (χ0n) is 10.7. The minimum absolute atomic E-state index is 0.00167. The second-order valence-electron chi connectivity index (χ2n) is 5.15. The van der Waals surface area contributed by atoms with Crippen molar-refractivity contribution in [1.82, 2.24) is 9.62 Å². The van der Waals surface area contributed by atoms with Crippen molar-refractivity contribution >= 4 is 21.6 Å². The fraction of sp³-hybridized carbons (Fsp3) is 0.462. The van der Waals surface area contributed by atoms with Crippen LogP contribution in [0, 0.1) is 17.2 Å². The molecule has 20 heavy (non-hydrogen) atoms. The van der Waals surface area contributed by atoms with Crippen LogP contribution in [0.2, 0.25) is 5.02 Å². The summed E-state index contributed by atoms with van der Waals surface area (Å²) in [6.45, 7) is 2.06. The minimum atomic E-state index is -3.65. The van der Waals surface area contributed by atoms with E-state index in [1.807, 2.05) is 6.07 Å². The normalized spacial score (nSPS) is 26.4. The van der Waals surface area contributed by atoms with Crippen LogP contribution >= 0.6 is 11.6 Å². The zero-order chi connectivity index (χ0) is 14.3. The molecule has 2 aliphatic heterocycles. The van der Waals surface area contributed by atoms with Crippen molar-refractivity contribution in [3.8, 4) is 6.07 Å². The second-order valence-corrected chi connectivity index (χ2v) is 7.41. The van der Waals surface area contributed by atoms with Gasteiger partial charge < -0.3 is 5.32 Å². The van der Waals surface area contributed by atoms with E-state index in [2.05, 4.69) is 5.32 Å². The van der Waals surface area contributed by atoms with Gasteiger partial charge >= 0.3 is 0 Å². The highest BCUT2D eigenvalue weighted by Crippen LogP contribution is 2.34. The molecule has 5 nitrogen and oxygen atoms in total. The van der Waals surface area contributed by atoms with Gasteiger partial charge in [-0.1, -0.05) is 11.6 Å². The van der Waals surface area contributed by atoms with Crippen molar-refractivity contribution in [2.24, 2.45) is 5.92 Å². The quantitative estimate of drug-likeness (QED) is 0.890. The number of halogens is 1. The summed E-state index contributed by atoms with van der Waals surface area (Å²) in [5.74, 6) is 0.377. The van der Waals surface area contributed by atoms with E-state index in [0.717, 1.165) is 13.0 Å². The molecular weight excluding hydrogens is 298 g/mol. The lowest BCUT2D eigenvalue weighted by molar-refractivity contribution is 0.383. The summed E-state index contributed by atoms with van der Waals surface area (Å²) in [4.78, 5) is 0.0331. The van der Waals surface area contributed by atoms with Crippen LogP contribution in [0.25, 0.3) is 0 Å². The molecule has 3 rings (SSSR count). The van der Waals surface area contributed by atoms with Crippen LogP contribution < -0.4 is 5.32 Å². The molecule has 0 aliphatic carbocycles. The Hall–Kier alpha value is -1.13. The predicted molar refractivity (Wildman–Crippen MR) is 74.8 cm³/mol. The van der Waals surface area contributed by atoms with Crippen molar-refractivity contribution in [2.45, 2.75) is 17.4 Å². The molecule has 2 aliphatic rings. The minimum Gasteiger partial charge on any atom is -0.315 e. The number of benzene rings is 1. The van der Waals surface area contributed by atoms with E-state index >= 15 is 0 Å². The lowest BCUT2D eigenvalue weighted by Gasteiger charge is -2.23. The van der Waals surface area contributed by atoms with Gasteiger partial charge in [-0.25, -0.2) is 8.42 Å². The molecule has 0 aromatic heterocycles. The van der Waals surface area contributed by atoms with Crippen LogP contribution in [0.1, 0.15) is 12.0 Å². The number of hydrogen-bond donors (Lipinski definition) is 1. The van der Waals surface area contributed by atoms with Gasteiger partial charge in [-0.3, -0.25) is 0 Å². The van der Waals surface area contributed by atoms with Gasteiger partial charge in [0.1, 0.15) is 4.90 Å². The number of nitrogens with one attached hydrogen (secondary N) is 1. The topological polar surface area (TPSA) is 73.2 Å². The fourth-order valence-corrected chi connectivity index (χ4v) is 5.21. The van der Waals surface area contributed by atoms with Crippen molar-refractivity contribution in [3.63, 3.8) is 0 Å². The Kier molecular flexibility index (Phi) is 3.46. The number of rotatable bonds is 2. The molecule has 2 saturated heterocycles. The monoisotopic (exact) mass is 311 g/mol. The van der Waals surface area contributed by atoms with E-state index in [1.54, 1.807) is 0 Å². The molecule has 106 valence electrons. The van der Waals surface area contributed by atoms with Crippen molar-refractivity contribution < 1.29 is 8.42 Å². The Morgan fingerprint density at radius 3 is 2.95 bits per heavy atom. The maximum absolute atomic E-state index is 12.8. The van der Waals surface area contributed by atoms with Gasteiger partial charge in [0.05, 0.1) is 16.7 Å². The summed E-state index contributed by atoms with van der Waals surface area (Å²) in [5.41, 5.74) is 0.299. The lowest BCUT2D eigenvalue weighted by Crippen LogP contribution is -2.39. The fourth-order valence-electron chi connectivity index (χ4n) is 3.00. The van der Waals surface area contributed by atoms with Crippen LogP contribution in [0.3, 0.4) is 0 Å². The van der Waals surface area contributed by atoms with Gasteiger partial charge in [0.25, 0.3) is 0 Å². The van der Waals surface area contributed by atoms with Crippen LogP contribution in [0.4, 0.5) is 0 Å². The van der Waals surface area contributed by atoms with Gasteiger partial charge in [0.2, 0.25) is 10.0 Å². The summed E-state index contributed by atoms with van der Waals surface area (Å²) < 4.78 is 27.1. The molecule has 1 N–H and O–H groups in total. The smallest absolute Gasteiger partial charge is 0.244 e. The summed E-state index contributed by atoms with van der Waals surface area (Å²) in [7, 11) is -3.65. The van der Waals surface area contributed by atoms with Gasteiger partial charge in [0, 0.05) is 19.1 Å². The third kappa shape index (κ3) is 2.11. The molecule has 0 amide bonds. The number of nitrogens with zero attached hydrogens (tertiary/aromatic N) is 2. The second kappa shape index (κ2) is 5.01. The van der Waals surface area contributed by atoms with Crippen molar-refractivity contribution in [1.29, 1.82) is 5.26 Å². The van der Waals surface area contributed by atoms with Crippen molar-refractivity contribution in [2.75, 3.05) is 19.6 Å². The number of nitriles is 1. The summed E-state index contributed by atoms with van der Waals surface area (Å²) in [5, 5.41) is 12.3. The molecular formula is C13H14ClN3O2S.